The number of primary amides is 1. The predicted octanol–water partition coefficient (Wildman–Crippen LogP) is -0.501. The second kappa shape index (κ2) is 4.95. The number of esters is 1. The van der Waals surface area contributed by atoms with Crippen LogP contribution in [-0.4, -0.2) is 42.5 Å². The van der Waals surface area contributed by atoms with E-state index in [2.05, 4.69) is 0 Å². The molecule has 0 unspecified atom stereocenters. The minimum atomic E-state index is -0.355. The molecule has 5 nitrogen and oxygen atoms in total. The number of likely N-dealkylation sites (tertiary alicyclic amines) is 1. The first kappa shape index (κ1) is 11.0. The van der Waals surface area contributed by atoms with E-state index < -0.39 is 0 Å². The maximum Gasteiger partial charge on any atom is 0.320 e. The minimum absolute atomic E-state index is 0.168. The molecular weight excluding hydrogens is 184 g/mol. The van der Waals surface area contributed by atoms with Gasteiger partial charge < -0.3 is 10.5 Å². The SMILES string of the molecule is CCOC(=O)CN1CCC[C@H]1C(N)=O. The lowest BCUT2D eigenvalue weighted by atomic mass is 10.2. The Balaban J connectivity index is 2.43. The third-order valence-electron chi connectivity index (χ3n) is 2.33. The third kappa shape index (κ3) is 2.70. The van der Waals surface area contributed by atoms with Gasteiger partial charge in [-0.1, -0.05) is 0 Å². The summed E-state index contributed by atoms with van der Waals surface area (Å²) in [6.45, 7) is 3.04. The van der Waals surface area contributed by atoms with E-state index in [1.54, 1.807) is 11.8 Å². The van der Waals surface area contributed by atoms with Crippen LogP contribution in [0.4, 0.5) is 0 Å². The highest BCUT2D eigenvalue weighted by Gasteiger charge is 2.30. The summed E-state index contributed by atoms with van der Waals surface area (Å²) < 4.78 is 4.80. The van der Waals surface area contributed by atoms with Gasteiger partial charge in [-0.3, -0.25) is 14.5 Å². The van der Waals surface area contributed by atoms with E-state index in [1.807, 2.05) is 0 Å². The molecule has 1 aliphatic heterocycles. The van der Waals surface area contributed by atoms with Crippen LogP contribution in [-0.2, 0) is 14.3 Å². The van der Waals surface area contributed by atoms with Crippen molar-refractivity contribution in [3.05, 3.63) is 0 Å². The minimum Gasteiger partial charge on any atom is -0.465 e. The Hall–Kier alpha value is -1.10. The van der Waals surface area contributed by atoms with Crippen LogP contribution in [0.5, 0.6) is 0 Å². The van der Waals surface area contributed by atoms with E-state index in [0.29, 0.717) is 6.61 Å². The van der Waals surface area contributed by atoms with Gasteiger partial charge in [0.25, 0.3) is 0 Å². The van der Waals surface area contributed by atoms with Crippen molar-refractivity contribution in [2.75, 3.05) is 19.7 Å². The van der Waals surface area contributed by atoms with E-state index >= 15 is 0 Å². The van der Waals surface area contributed by atoms with Gasteiger partial charge in [-0.25, -0.2) is 0 Å². The summed E-state index contributed by atoms with van der Waals surface area (Å²) in [6, 6.07) is -0.292. The number of carbonyl (C=O) groups is 2. The average molecular weight is 200 g/mol. The number of ether oxygens (including phenoxy) is 1. The van der Waals surface area contributed by atoms with Gasteiger partial charge in [0, 0.05) is 0 Å². The molecule has 0 saturated carbocycles. The molecule has 0 radical (unpaired) electrons. The maximum atomic E-state index is 11.2. The lowest BCUT2D eigenvalue weighted by molar-refractivity contribution is -0.145. The molecule has 5 heteroatoms. The highest BCUT2D eigenvalue weighted by atomic mass is 16.5. The Morgan fingerprint density at radius 1 is 1.57 bits per heavy atom. The van der Waals surface area contributed by atoms with Gasteiger partial charge >= 0.3 is 5.97 Å². The molecular formula is C9H16N2O3. The van der Waals surface area contributed by atoms with Crippen molar-refractivity contribution in [3.63, 3.8) is 0 Å². The Morgan fingerprint density at radius 2 is 2.29 bits per heavy atom. The quantitative estimate of drug-likeness (QED) is 0.621. The van der Waals surface area contributed by atoms with Crippen LogP contribution in [0.3, 0.4) is 0 Å². The lowest BCUT2D eigenvalue weighted by Gasteiger charge is -2.20. The van der Waals surface area contributed by atoms with Crippen LogP contribution in [0, 0.1) is 0 Å². The highest BCUT2D eigenvalue weighted by molar-refractivity contribution is 5.81. The lowest BCUT2D eigenvalue weighted by Crippen LogP contribution is -2.43. The fraction of sp³-hybridized carbons (Fsp3) is 0.778. The average Bonchev–Trinajstić information content (AvgIpc) is 2.52. The molecule has 0 aliphatic carbocycles. The van der Waals surface area contributed by atoms with Gasteiger partial charge in [0.15, 0.2) is 0 Å². The number of hydrogen-bond acceptors (Lipinski definition) is 4. The van der Waals surface area contributed by atoms with Crippen LogP contribution in [0.25, 0.3) is 0 Å². The molecule has 1 atom stereocenters. The Bertz CT molecular complexity index is 230. The van der Waals surface area contributed by atoms with E-state index in [1.165, 1.54) is 0 Å². The van der Waals surface area contributed by atoms with Gasteiger partial charge in [0.2, 0.25) is 5.91 Å². The van der Waals surface area contributed by atoms with Gasteiger partial charge in [0.1, 0.15) is 0 Å². The van der Waals surface area contributed by atoms with Crippen LogP contribution in [0.15, 0.2) is 0 Å². The summed E-state index contributed by atoms with van der Waals surface area (Å²) in [6.07, 6.45) is 1.65. The smallest absolute Gasteiger partial charge is 0.320 e. The summed E-state index contributed by atoms with van der Waals surface area (Å²) >= 11 is 0. The molecule has 1 aliphatic rings. The van der Waals surface area contributed by atoms with E-state index in [-0.39, 0.29) is 24.5 Å². The number of amides is 1. The molecule has 1 fully saturated rings. The number of hydrogen-bond donors (Lipinski definition) is 1. The second-order valence-electron chi connectivity index (χ2n) is 3.34. The summed E-state index contributed by atoms with van der Waals surface area (Å²) in [7, 11) is 0. The number of carbonyl (C=O) groups excluding carboxylic acids is 2. The maximum absolute atomic E-state index is 11.2. The largest absolute Gasteiger partial charge is 0.465 e. The van der Waals surface area contributed by atoms with Crippen molar-refractivity contribution >= 4 is 11.9 Å². The summed E-state index contributed by atoms with van der Waals surface area (Å²) in [5.74, 6) is -0.646. The molecule has 2 N–H and O–H groups in total. The molecule has 0 aromatic rings. The molecule has 1 rings (SSSR count). The van der Waals surface area contributed by atoms with Crippen molar-refractivity contribution in [2.45, 2.75) is 25.8 Å². The first-order chi connectivity index (χ1) is 6.65. The van der Waals surface area contributed by atoms with Crippen LogP contribution >= 0.6 is 0 Å². The monoisotopic (exact) mass is 200 g/mol. The van der Waals surface area contributed by atoms with Gasteiger partial charge in [-0.05, 0) is 26.3 Å². The first-order valence-corrected chi connectivity index (χ1v) is 4.84. The van der Waals surface area contributed by atoms with Crippen molar-refractivity contribution in [3.8, 4) is 0 Å². The molecule has 1 amide bonds. The predicted molar refractivity (Wildman–Crippen MR) is 50.4 cm³/mol. The highest BCUT2D eigenvalue weighted by Crippen LogP contribution is 2.16. The zero-order valence-corrected chi connectivity index (χ0v) is 8.36. The molecule has 80 valence electrons. The Kier molecular flexibility index (Phi) is 3.88. The molecule has 0 spiro atoms. The Labute approximate surface area is 83.2 Å². The first-order valence-electron chi connectivity index (χ1n) is 4.84. The summed E-state index contributed by atoms with van der Waals surface area (Å²) in [5.41, 5.74) is 5.21. The standard InChI is InChI=1S/C9H16N2O3/c1-2-14-8(12)6-11-5-3-4-7(11)9(10)13/h7H,2-6H2,1H3,(H2,10,13)/t7-/m0/s1. The van der Waals surface area contributed by atoms with Crippen molar-refractivity contribution < 1.29 is 14.3 Å². The van der Waals surface area contributed by atoms with Crippen molar-refractivity contribution in [1.29, 1.82) is 0 Å². The second-order valence-corrected chi connectivity index (χ2v) is 3.34. The van der Waals surface area contributed by atoms with Gasteiger partial charge in [0.05, 0.1) is 19.2 Å². The molecule has 0 aromatic heterocycles. The van der Waals surface area contributed by atoms with Crippen molar-refractivity contribution in [1.82, 2.24) is 4.90 Å². The molecule has 0 aromatic carbocycles. The number of nitrogens with two attached hydrogens (primary N) is 1. The van der Waals surface area contributed by atoms with E-state index in [9.17, 15) is 9.59 Å². The number of nitrogens with zero attached hydrogens (tertiary/aromatic N) is 1. The fourth-order valence-electron chi connectivity index (χ4n) is 1.71. The number of rotatable bonds is 4. The van der Waals surface area contributed by atoms with Crippen LogP contribution < -0.4 is 5.73 Å². The van der Waals surface area contributed by atoms with E-state index in [0.717, 1.165) is 19.4 Å². The topological polar surface area (TPSA) is 72.6 Å². The zero-order chi connectivity index (χ0) is 10.6. The summed E-state index contributed by atoms with van der Waals surface area (Å²) in [4.78, 5) is 23.9. The molecule has 14 heavy (non-hydrogen) atoms. The normalized spacial score (nSPS) is 22.2. The van der Waals surface area contributed by atoms with E-state index in [4.69, 9.17) is 10.5 Å². The van der Waals surface area contributed by atoms with Crippen LogP contribution in [0.1, 0.15) is 19.8 Å². The molecule has 1 heterocycles. The molecule has 0 bridgehead atoms. The van der Waals surface area contributed by atoms with Gasteiger partial charge in [-0.15, -0.1) is 0 Å². The Morgan fingerprint density at radius 3 is 2.86 bits per heavy atom. The fourth-order valence-corrected chi connectivity index (χ4v) is 1.71. The van der Waals surface area contributed by atoms with Crippen molar-refractivity contribution in [2.24, 2.45) is 5.73 Å². The zero-order valence-electron chi connectivity index (χ0n) is 8.36. The van der Waals surface area contributed by atoms with Gasteiger partial charge in [-0.2, -0.15) is 0 Å². The summed E-state index contributed by atoms with van der Waals surface area (Å²) in [5, 5.41) is 0. The molecule has 1 saturated heterocycles. The third-order valence-corrected chi connectivity index (χ3v) is 2.33. The van der Waals surface area contributed by atoms with Crippen LogP contribution in [0.2, 0.25) is 0 Å².